The third kappa shape index (κ3) is 1.15. The Morgan fingerprint density at radius 1 is 1.27 bits per heavy atom. The SMILES string of the molecule is c1n[nH]c(-c2nnnn2-c2cn[nH]n2)n1. The molecule has 0 amide bonds. The maximum absolute atomic E-state index is 3.94. The van der Waals surface area contributed by atoms with Gasteiger partial charge in [0.05, 0.1) is 6.20 Å². The Balaban J connectivity index is 2.15. The number of nitrogens with zero attached hydrogens (tertiary/aromatic N) is 8. The van der Waals surface area contributed by atoms with Gasteiger partial charge < -0.3 is 0 Å². The zero-order valence-electron chi connectivity index (χ0n) is 7.23. The number of aromatic nitrogens is 10. The third-order valence-electron chi connectivity index (χ3n) is 1.72. The fraction of sp³-hybridized carbons (Fsp3) is 0. The van der Waals surface area contributed by atoms with Crippen molar-refractivity contribution in [3.05, 3.63) is 12.5 Å². The molecule has 2 N–H and O–H groups in total. The summed E-state index contributed by atoms with van der Waals surface area (Å²) in [4.78, 5) is 3.94. The van der Waals surface area contributed by atoms with E-state index in [9.17, 15) is 0 Å². The lowest BCUT2D eigenvalue weighted by molar-refractivity contribution is 0.766. The van der Waals surface area contributed by atoms with Crippen molar-refractivity contribution < 1.29 is 0 Å². The molecule has 10 nitrogen and oxygen atoms in total. The monoisotopic (exact) mass is 204 g/mol. The van der Waals surface area contributed by atoms with Gasteiger partial charge in [-0.15, -0.1) is 10.2 Å². The van der Waals surface area contributed by atoms with Crippen LogP contribution in [0.4, 0.5) is 0 Å². The Kier molecular flexibility index (Phi) is 1.51. The summed E-state index contributed by atoms with van der Waals surface area (Å²) in [7, 11) is 0. The molecule has 0 saturated carbocycles. The second kappa shape index (κ2) is 2.94. The van der Waals surface area contributed by atoms with Gasteiger partial charge in [0.15, 0.2) is 11.6 Å². The van der Waals surface area contributed by atoms with Crippen molar-refractivity contribution in [3.63, 3.8) is 0 Å². The summed E-state index contributed by atoms with van der Waals surface area (Å²) >= 11 is 0. The minimum absolute atomic E-state index is 0.418. The molecule has 0 aliphatic rings. The molecule has 15 heavy (non-hydrogen) atoms. The number of aromatic amines is 2. The van der Waals surface area contributed by atoms with Crippen molar-refractivity contribution in [3.8, 4) is 17.5 Å². The standard InChI is InChI=1S/C5H4N10/c1-3(9-12-7-1)15-5(11-13-14-15)4-6-2-8-10-4/h1-2H,(H,6,8,10)(H,7,9,12). The van der Waals surface area contributed by atoms with Gasteiger partial charge in [0.2, 0.25) is 5.82 Å². The van der Waals surface area contributed by atoms with Crippen LogP contribution in [0, 0.1) is 0 Å². The van der Waals surface area contributed by atoms with Crippen LogP contribution in [0.15, 0.2) is 12.5 Å². The van der Waals surface area contributed by atoms with Crippen molar-refractivity contribution in [2.45, 2.75) is 0 Å². The van der Waals surface area contributed by atoms with Gasteiger partial charge in [-0.1, -0.05) is 0 Å². The first kappa shape index (κ1) is 7.73. The van der Waals surface area contributed by atoms with Gasteiger partial charge in [-0.2, -0.15) is 20.1 Å². The highest BCUT2D eigenvalue weighted by Gasteiger charge is 2.14. The molecule has 3 aromatic rings. The summed E-state index contributed by atoms with van der Waals surface area (Å²) in [6, 6.07) is 0. The zero-order valence-corrected chi connectivity index (χ0v) is 7.23. The topological polar surface area (TPSA) is 127 Å². The molecular weight excluding hydrogens is 200 g/mol. The first-order chi connectivity index (χ1) is 7.45. The molecule has 0 aliphatic heterocycles. The van der Waals surface area contributed by atoms with Gasteiger partial charge in [-0.05, 0) is 10.4 Å². The minimum Gasteiger partial charge on any atom is -0.257 e. The first-order valence-electron chi connectivity index (χ1n) is 3.95. The van der Waals surface area contributed by atoms with Crippen LogP contribution in [0.25, 0.3) is 17.5 Å². The molecule has 10 heteroatoms. The number of hydrogen-bond donors (Lipinski definition) is 2. The number of H-pyrrole nitrogens is 2. The van der Waals surface area contributed by atoms with Crippen LogP contribution in [-0.2, 0) is 0 Å². The first-order valence-corrected chi connectivity index (χ1v) is 3.95. The summed E-state index contributed by atoms with van der Waals surface area (Å²) in [5, 5.41) is 27.4. The Morgan fingerprint density at radius 3 is 3.00 bits per heavy atom. The van der Waals surface area contributed by atoms with E-state index in [2.05, 4.69) is 46.1 Å². The lowest BCUT2D eigenvalue weighted by atomic mass is 10.5. The highest BCUT2D eigenvalue weighted by molar-refractivity contribution is 5.43. The number of hydrogen-bond acceptors (Lipinski definition) is 7. The molecule has 0 unspecified atom stereocenters. The molecule has 0 aliphatic carbocycles. The fourth-order valence-corrected chi connectivity index (χ4v) is 1.10. The van der Waals surface area contributed by atoms with Crippen LogP contribution < -0.4 is 0 Å². The van der Waals surface area contributed by atoms with Crippen LogP contribution in [0.2, 0.25) is 0 Å². The molecular formula is C5H4N10. The lowest BCUT2D eigenvalue weighted by Gasteiger charge is -1.94. The van der Waals surface area contributed by atoms with Crippen molar-refractivity contribution in [2.75, 3.05) is 0 Å². The molecule has 3 heterocycles. The van der Waals surface area contributed by atoms with E-state index >= 15 is 0 Å². The fourth-order valence-electron chi connectivity index (χ4n) is 1.10. The molecule has 0 radical (unpaired) electrons. The van der Waals surface area contributed by atoms with E-state index in [1.165, 1.54) is 17.2 Å². The Labute approximate surface area is 81.7 Å². The van der Waals surface area contributed by atoms with Gasteiger partial charge in [0.25, 0.3) is 0 Å². The summed E-state index contributed by atoms with van der Waals surface area (Å²) in [6.45, 7) is 0. The van der Waals surface area contributed by atoms with Crippen molar-refractivity contribution in [1.29, 1.82) is 0 Å². The highest BCUT2D eigenvalue weighted by Crippen LogP contribution is 2.11. The van der Waals surface area contributed by atoms with Crippen LogP contribution in [0.1, 0.15) is 0 Å². The van der Waals surface area contributed by atoms with Gasteiger partial charge in [-0.3, -0.25) is 5.10 Å². The van der Waals surface area contributed by atoms with Gasteiger partial charge in [-0.25, -0.2) is 4.98 Å². The number of tetrazole rings is 1. The number of nitrogens with one attached hydrogen (secondary N) is 2. The second-order valence-corrected chi connectivity index (χ2v) is 2.58. The summed E-state index contributed by atoms with van der Waals surface area (Å²) in [6.07, 6.45) is 2.87. The minimum atomic E-state index is 0.418. The van der Waals surface area contributed by atoms with E-state index < -0.39 is 0 Å². The molecule has 0 saturated heterocycles. The van der Waals surface area contributed by atoms with Crippen molar-refractivity contribution in [2.24, 2.45) is 0 Å². The smallest absolute Gasteiger partial charge is 0.225 e. The average molecular weight is 204 g/mol. The molecule has 3 rings (SSSR count). The predicted molar refractivity (Wildman–Crippen MR) is 44.5 cm³/mol. The zero-order chi connectivity index (χ0) is 10.1. The van der Waals surface area contributed by atoms with Gasteiger partial charge in [0, 0.05) is 0 Å². The van der Waals surface area contributed by atoms with E-state index in [0.29, 0.717) is 17.5 Å². The Bertz CT molecular complexity index is 483. The third-order valence-corrected chi connectivity index (χ3v) is 1.72. The summed E-state index contributed by atoms with van der Waals surface area (Å²) < 4.78 is 1.39. The maximum atomic E-state index is 3.94. The van der Waals surface area contributed by atoms with E-state index in [1.807, 2.05) is 0 Å². The van der Waals surface area contributed by atoms with Gasteiger partial charge in [0.1, 0.15) is 6.33 Å². The second-order valence-electron chi connectivity index (χ2n) is 2.58. The molecule has 3 aromatic heterocycles. The van der Waals surface area contributed by atoms with Crippen LogP contribution in [0.3, 0.4) is 0 Å². The van der Waals surface area contributed by atoms with E-state index in [0.717, 1.165) is 0 Å². The molecule has 0 bridgehead atoms. The van der Waals surface area contributed by atoms with Crippen LogP contribution in [-0.4, -0.2) is 50.8 Å². The summed E-state index contributed by atoms with van der Waals surface area (Å²) in [5.74, 6) is 1.36. The molecule has 0 atom stereocenters. The van der Waals surface area contributed by atoms with Gasteiger partial charge >= 0.3 is 0 Å². The Hall–Kier alpha value is -2.65. The summed E-state index contributed by atoms with van der Waals surface area (Å²) in [5.41, 5.74) is 0. The molecule has 0 aromatic carbocycles. The molecule has 0 spiro atoms. The van der Waals surface area contributed by atoms with Crippen molar-refractivity contribution >= 4 is 0 Å². The molecule has 74 valence electrons. The highest BCUT2D eigenvalue weighted by atomic mass is 15.6. The quantitative estimate of drug-likeness (QED) is 0.523. The van der Waals surface area contributed by atoms with E-state index in [-0.39, 0.29) is 0 Å². The van der Waals surface area contributed by atoms with E-state index in [4.69, 9.17) is 0 Å². The van der Waals surface area contributed by atoms with E-state index in [1.54, 1.807) is 0 Å². The lowest BCUT2D eigenvalue weighted by Crippen LogP contribution is -2.01. The van der Waals surface area contributed by atoms with Crippen molar-refractivity contribution in [1.82, 2.24) is 50.8 Å². The Morgan fingerprint density at radius 2 is 2.27 bits per heavy atom. The number of rotatable bonds is 2. The maximum Gasteiger partial charge on any atom is 0.225 e. The van der Waals surface area contributed by atoms with Crippen LogP contribution in [0.5, 0.6) is 0 Å². The largest absolute Gasteiger partial charge is 0.257 e. The predicted octanol–water partition coefficient (Wildman–Crippen LogP) is -1.43. The molecule has 0 fully saturated rings. The van der Waals surface area contributed by atoms with Crippen LogP contribution >= 0.6 is 0 Å². The average Bonchev–Trinajstić information content (AvgIpc) is 3.01. The normalized spacial score (nSPS) is 10.7.